The molecule has 80 valence electrons. The highest BCUT2D eigenvalue weighted by molar-refractivity contribution is 6.02. The Hall–Kier alpha value is -1.89. The van der Waals surface area contributed by atoms with Crippen molar-refractivity contribution in [1.29, 1.82) is 0 Å². The van der Waals surface area contributed by atoms with Crippen LogP contribution in [0, 0.1) is 0 Å². The summed E-state index contributed by atoms with van der Waals surface area (Å²) < 4.78 is 0. The average Bonchev–Trinajstić information content (AvgIpc) is 2.39. The van der Waals surface area contributed by atoms with Crippen LogP contribution in [-0.2, 0) is 0 Å². The third kappa shape index (κ3) is 2.03. The van der Waals surface area contributed by atoms with E-state index in [1.807, 2.05) is 61.5 Å². The van der Waals surface area contributed by atoms with Gasteiger partial charge in [0.2, 0.25) is 0 Å². The van der Waals surface area contributed by atoms with Gasteiger partial charge in [0.25, 0.3) is 0 Å². The second kappa shape index (κ2) is 4.75. The highest BCUT2D eigenvalue weighted by atomic mass is 16.1. The molecule has 0 radical (unpaired) electrons. The van der Waals surface area contributed by atoms with Gasteiger partial charge in [0.15, 0.2) is 5.78 Å². The van der Waals surface area contributed by atoms with E-state index in [4.69, 9.17) is 0 Å². The lowest BCUT2D eigenvalue weighted by atomic mass is 9.96. The molecular formula is C15H14O. The van der Waals surface area contributed by atoms with Crippen molar-refractivity contribution in [3.05, 3.63) is 60.2 Å². The summed E-state index contributed by atoms with van der Waals surface area (Å²) in [5.41, 5.74) is 2.94. The lowest BCUT2D eigenvalue weighted by Gasteiger charge is -2.07. The molecule has 0 atom stereocenters. The molecule has 0 aromatic heterocycles. The van der Waals surface area contributed by atoms with Gasteiger partial charge >= 0.3 is 0 Å². The minimum Gasteiger partial charge on any atom is -0.294 e. The Morgan fingerprint density at radius 1 is 0.938 bits per heavy atom. The Balaban J connectivity index is 2.53. The third-order valence-electron chi connectivity index (χ3n) is 2.63. The largest absolute Gasteiger partial charge is 0.294 e. The van der Waals surface area contributed by atoms with Crippen molar-refractivity contribution >= 4 is 5.78 Å². The molecule has 1 nitrogen and oxygen atoms in total. The van der Waals surface area contributed by atoms with Gasteiger partial charge in [-0.15, -0.1) is 0 Å². The van der Waals surface area contributed by atoms with Crippen molar-refractivity contribution < 1.29 is 4.79 Å². The van der Waals surface area contributed by atoms with Crippen LogP contribution in [0.2, 0.25) is 0 Å². The predicted molar refractivity (Wildman–Crippen MR) is 66.5 cm³/mol. The van der Waals surface area contributed by atoms with E-state index in [-0.39, 0.29) is 5.78 Å². The van der Waals surface area contributed by atoms with Crippen molar-refractivity contribution in [2.75, 3.05) is 0 Å². The fourth-order valence-electron chi connectivity index (χ4n) is 1.79. The Morgan fingerprint density at radius 3 is 2.25 bits per heavy atom. The van der Waals surface area contributed by atoms with Crippen LogP contribution in [-0.4, -0.2) is 5.78 Å². The molecule has 0 N–H and O–H groups in total. The molecule has 2 rings (SSSR count). The molecule has 0 aliphatic heterocycles. The van der Waals surface area contributed by atoms with E-state index in [1.54, 1.807) is 0 Å². The molecule has 2 aromatic rings. The number of hydrogen-bond acceptors (Lipinski definition) is 1. The number of rotatable bonds is 3. The van der Waals surface area contributed by atoms with Crippen LogP contribution in [0.25, 0.3) is 11.1 Å². The number of Topliss-reactive ketones (excluding diaryl/α,β-unsaturated/α-hetero) is 1. The summed E-state index contributed by atoms with van der Waals surface area (Å²) >= 11 is 0. The van der Waals surface area contributed by atoms with Gasteiger partial charge in [-0.1, -0.05) is 61.5 Å². The Kier molecular flexibility index (Phi) is 3.16. The molecule has 0 saturated heterocycles. The van der Waals surface area contributed by atoms with Gasteiger partial charge in [-0.05, 0) is 11.1 Å². The third-order valence-corrected chi connectivity index (χ3v) is 2.63. The topological polar surface area (TPSA) is 17.1 Å². The summed E-state index contributed by atoms with van der Waals surface area (Å²) in [7, 11) is 0. The first-order valence-corrected chi connectivity index (χ1v) is 5.50. The van der Waals surface area contributed by atoms with Gasteiger partial charge < -0.3 is 0 Å². The smallest absolute Gasteiger partial charge is 0.163 e. The molecule has 16 heavy (non-hydrogen) atoms. The number of hydrogen-bond donors (Lipinski definition) is 0. The number of carbonyl (C=O) groups excluding carboxylic acids is 1. The zero-order valence-electron chi connectivity index (χ0n) is 9.31. The molecule has 0 aliphatic rings. The second-order valence-electron chi connectivity index (χ2n) is 3.69. The zero-order valence-corrected chi connectivity index (χ0v) is 9.31. The maximum atomic E-state index is 11.8. The van der Waals surface area contributed by atoms with Gasteiger partial charge in [0.1, 0.15) is 0 Å². The van der Waals surface area contributed by atoms with Crippen LogP contribution < -0.4 is 0 Å². The van der Waals surface area contributed by atoms with Crippen molar-refractivity contribution in [2.24, 2.45) is 0 Å². The molecule has 0 aliphatic carbocycles. The van der Waals surface area contributed by atoms with E-state index >= 15 is 0 Å². The van der Waals surface area contributed by atoms with Crippen molar-refractivity contribution in [2.45, 2.75) is 13.3 Å². The first kappa shape index (κ1) is 10.6. The van der Waals surface area contributed by atoms with Crippen molar-refractivity contribution in [1.82, 2.24) is 0 Å². The van der Waals surface area contributed by atoms with E-state index < -0.39 is 0 Å². The summed E-state index contributed by atoms with van der Waals surface area (Å²) in [4.78, 5) is 11.8. The first-order valence-electron chi connectivity index (χ1n) is 5.50. The molecular weight excluding hydrogens is 196 g/mol. The minimum absolute atomic E-state index is 0.194. The van der Waals surface area contributed by atoms with Gasteiger partial charge in [0, 0.05) is 12.0 Å². The number of carbonyl (C=O) groups is 1. The highest BCUT2D eigenvalue weighted by Crippen LogP contribution is 2.24. The van der Waals surface area contributed by atoms with E-state index in [9.17, 15) is 4.79 Å². The average molecular weight is 210 g/mol. The molecule has 0 spiro atoms. The molecule has 0 amide bonds. The Morgan fingerprint density at radius 2 is 1.56 bits per heavy atom. The van der Waals surface area contributed by atoms with E-state index in [1.165, 1.54) is 0 Å². The summed E-state index contributed by atoms with van der Waals surface area (Å²) in [5, 5.41) is 0. The van der Waals surface area contributed by atoms with Crippen LogP contribution >= 0.6 is 0 Å². The lowest BCUT2D eigenvalue weighted by Crippen LogP contribution is -1.99. The van der Waals surface area contributed by atoms with Gasteiger partial charge in [0.05, 0.1) is 0 Å². The van der Waals surface area contributed by atoms with Gasteiger partial charge in [-0.3, -0.25) is 4.79 Å². The molecule has 0 heterocycles. The Labute approximate surface area is 95.7 Å². The lowest BCUT2D eigenvalue weighted by molar-refractivity contribution is 0.0989. The first-order chi connectivity index (χ1) is 7.83. The SMILES string of the molecule is CCC(=O)c1ccccc1-c1ccccc1. The van der Waals surface area contributed by atoms with Gasteiger partial charge in [-0.25, -0.2) is 0 Å². The van der Waals surface area contributed by atoms with Crippen molar-refractivity contribution in [3.63, 3.8) is 0 Å². The molecule has 2 aromatic carbocycles. The molecule has 0 bridgehead atoms. The van der Waals surface area contributed by atoms with Crippen LogP contribution in [0.5, 0.6) is 0 Å². The molecule has 1 heteroatoms. The van der Waals surface area contributed by atoms with Crippen LogP contribution in [0.1, 0.15) is 23.7 Å². The highest BCUT2D eigenvalue weighted by Gasteiger charge is 2.09. The Bertz CT molecular complexity index is 486. The molecule has 0 unspecified atom stereocenters. The maximum Gasteiger partial charge on any atom is 0.163 e. The van der Waals surface area contributed by atoms with E-state index in [2.05, 4.69) is 0 Å². The van der Waals surface area contributed by atoms with Crippen LogP contribution in [0.3, 0.4) is 0 Å². The summed E-state index contributed by atoms with van der Waals surface area (Å²) in [5.74, 6) is 0.194. The number of benzene rings is 2. The molecule has 0 saturated carbocycles. The quantitative estimate of drug-likeness (QED) is 0.701. The fraction of sp³-hybridized carbons (Fsp3) is 0.133. The number of ketones is 1. The summed E-state index contributed by atoms with van der Waals surface area (Å²) in [6.45, 7) is 1.89. The normalized spacial score (nSPS) is 10.1. The second-order valence-corrected chi connectivity index (χ2v) is 3.69. The minimum atomic E-state index is 0.194. The van der Waals surface area contributed by atoms with Crippen molar-refractivity contribution in [3.8, 4) is 11.1 Å². The zero-order chi connectivity index (χ0) is 11.4. The van der Waals surface area contributed by atoms with E-state index in [0.717, 1.165) is 16.7 Å². The maximum absolute atomic E-state index is 11.8. The predicted octanol–water partition coefficient (Wildman–Crippen LogP) is 3.95. The standard InChI is InChI=1S/C15H14O/c1-2-15(16)14-11-7-6-10-13(14)12-8-4-3-5-9-12/h3-11H,2H2,1H3. The summed E-state index contributed by atoms with van der Waals surface area (Å²) in [6.07, 6.45) is 0.545. The van der Waals surface area contributed by atoms with Crippen LogP contribution in [0.15, 0.2) is 54.6 Å². The monoisotopic (exact) mass is 210 g/mol. The van der Waals surface area contributed by atoms with E-state index in [0.29, 0.717) is 6.42 Å². The van der Waals surface area contributed by atoms with Gasteiger partial charge in [-0.2, -0.15) is 0 Å². The summed E-state index contributed by atoms with van der Waals surface area (Å²) in [6, 6.07) is 17.8. The fourth-order valence-corrected chi connectivity index (χ4v) is 1.79. The molecule has 0 fully saturated rings. The van der Waals surface area contributed by atoms with Crippen LogP contribution in [0.4, 0.5) is 0 Å².